The molecule has 0 amide bonds. The SMILES string of the molecule is Nn1c(=S)[nH]nc(C2CC2)c1=O. The zero-order chi connectivity index (χ0) is 8.72. The molecule has 1 saturated carbocycles. The number of aromatic nitrogens is 3. The average molecular weight is 184 g/mol. The van der Waals surface area contributed by atoms with Crippen LogP contribution < -0.4 is 11.4 Å². The van der Waals surface area contributed by atoms with E-state index in [1.807, 2.05) is 0 Å². The molecule has 2 rings (SSSR count). The van der Waals surface area contributed by atoms with Gasteiger partial charge in [-0.2, -0.15) is 9.77 Å². The number of nitrogens with one attached hydrogen (secondary N) is 1. The van der Waals surface area contributed by atoms with Crippen molar-refractivity contribution in [2.75, 3.05) is 5.84 Å². The molecule has 12 heavy (non-hydrogen) atoms. The summed E-state index contributed by atoms with van der Waals surface area (Å²) < 4.78 is 1.08. The van der Waals surface area contributed by atoms with Crippen molar-refractivity contribution in [1.82, 2.24) is 14.9 Å². The van der Waals surface area contributed by atoms with E-state index in [0.29, 0.717) is 11.6 Å². The molecule has 0 radical (unpaired) electrons. The maximum Gasteiger partial charge on any atom is 0.294 e. The average Bonchev–Trinajstić information content (AvgIpc) is 2.84. The van der Waals surface area contributed by atoms with Crippen LogP contribution >= 0.6 is 12.2 Å². The molecule has 0 atom stereocenters. The van der Waals surface area contributed by atoms with Gasteiger partial charge in [0.2, 0.25) is 4.77 Å². The van der Waals surface area contributed by atoms with E-state index in [-0.39, 0.29) is 10.3 Å². The van der Waals surface area contributed by atoms with Crippen LogP contribution in [0.3, 0.4) is 0 Å². The Morgan fingerprint density at radius 2 is 2.33 bits per heavy atom. The summed E-state index contributed by atoms with van der Waals surface area (Å²) in [5.41, 5.74) is 0.229. The Balaban J connectivity index is 2.65. The smallest absolute Gasteiger partial charge is 0.294 e. The summed E-state index contributed by atoms with van der Waals surface area (Å²) in [4.78, 5) is 11.4. The van der Waals surface area contributed by atoms with Gasteiger partial charge in [0, 0.05) is 5.92 Å². The van der Waals surface area contributed by atoms with Crippen LogP contribution in [0.4, 0.5) is 0 Å². The predicted molar refractivity (Wildman–Crippen MR) is 45.8 cm³/mol. The van der Waals surface area contributed by atoms with Gasteiger partial charge in [-0.3, -0.25) is 9.89 Å². The molecular formula is C6H8N4OS. The van der Waals surface area contributed by atoms with Gasteiger partial charge in [-0.05, 0) is 25.1 Å². The van der Waals surface area contributed by atoms with Gasteiger partial charge in [-0.15, -0.1) is 0 Å². The van der Waals surface area contributed by atoms with E-state index in [2.05, 4.69) is 10.2 Å². The van der Waals surface area contributed by atoms with Crippen molar-refractivity contribution in [1.29, 1.82) is 0 Å². The highest BCUT2D eigenvalue weighted by molar-refractivity contribution is 7.71. The number of hydrogen-bond acceptors (Lipinski definition) is 4. The molecule has 0 aliphatic heterocycles. The summed E-state index contributed by atoms with van der Waals surface area (Å²) in [6.45, 7) is 0. The number of H-pyrrole nitrogens is 1. The van der Waals surface area contributed by atoms with Gasteiger partial charge >= 0.3 is 0 Å². The molecule has 3 N–H and O–H groups in total. The van der Waals surface area contributed by atoms with Gasteiger partial charge in [0.25, 0.3) is 5.56 Å². The Hall–Kier alpha value is -1.17. The molecule has 5 nitrogen and oxygen atoms in total. The Morgan fingerprint density at radius 1 is 1.67 bits per heavy atom. The van der Waals surface area contributed by atoms with Crippen molar-refractivity contribution in [2.24, 2.45) is 0 Å². The second-order valence-electron chi connectivity index (χ2n) is 2.86. The molecule has 64 valence electrons. The molecule has 0 aromatic carbocycles. The zero-order valence-corrected chi connectivity index (χ0v) is 7.10. The third-order valence-electron chi connectivity index (χ3n) is 1.89. The molecule has 1 heterocycles. The van der Waals surface area contributed by atoms with Crippen molar-refractivity contribution >= 4 is 12.2 Å². The minimum absolute atomic E-state index is 0.157. The Kier molecular flexibility index (Phi) is 1.50. The summed E-state index contributed by atoms with van der Waals surface area (Å²) >= 11 is 4.73. The molecule has 0 unspecified atom stereocenters. The van der Waals surface area contributed by atoms with Gasteiger partial charge in [-0.1, -0.05) is 0 Å². The van der Waals surface area contributed by atoms with E-state index < -0.39 is 0 Å². The lowest BCUT2D eigenvalue weighted by molar-refractivity contribution is 0.748. The van der Waals surface area contributed by atoms with Crippen LogP contribution in [-0.4, -0.2) is 14.9 Å². The number of nitrogen functional groups attached to an aromatic ring is 1. The van der Waals surface area contributed by atoms with Crippen LogP contribution in [0.1, 0.15) is 24.5 Å². The number of rotatable bonds is 1. The largest absolute Gasteiger partial charge is 0.334 e. The van der Waals surface area contributed by atoms with Gasteiger partial charge in [0.15, 0.2) is 0 Å². The summed E-state index contributed by atoms with van der Waals surface area (Å²) in [6, 6.07) is 0. The van der Waals surface area contributed by atoms with Crippen molar-refractivity contribution in [3.05, 3.63) is 20.8 Å². The highest BCUT2D eigenvalue weighted by atomic mass is 32.1. The molecule has 6 heteroatoms. The summed E-state index contributed by atoms with van der Waals surface area (Å²) in [7, 11) is 0. The Labute approximate surface area is 73.2 Å². The molecule has 1 aliphatic carbocycles. The van der Waals surface area contributed by atoms with Crippen molar-refractivity contribution in [3.63, 3.8) is 0 Å². The van der Waals surface area contributed by atoms with Crippen molar-refractivity contribution < 1.29 is 0 Å². The minimum atomic E-state index is -0.277. The number of hydrogen-bond donors (Lipinski definition) is 2. The van der Waals surface area contributed by atoms with Crippen LogP contribution in [0, 0.1) is 4.77 Å². The zero-order valence-electron chi connectivity index (χ0n) is 6.28. The highest BCUT2D eigenvalue weighted by Crippen LogP contribution is 2.36. The molecule has 0 bridgehead atoms. The van der Waals surface area contributed by atoms with E-state index in [1.165, 1.54) is 0 Å². The first kappa shape index (κ1) is 7.48. The van der Waals surface area contributed by atoms with Gasteiger partial charge in [0.1, 0.15) is 5.69 Å². The molecule has 1 aromatic rings. The first-order valence-electron chi connectivity index (χ1n) is 3.67. The highest BCUT2D eigenvalue weighted by Gasteiger charge is 2.28. The summed E-state index contributed by atoms with van der Waals surface area (Å²) in [5.74, 6) is 5.67. The quantitative estimate of drug-likeness (QED) is 0.471. The fourth-order valence-electron chi connectivity index (χ4n) is 1.05. The van der Waals surface area contributed by atoms with E-state index in [4.69, 9.17) is 18.1 Å². The fraction of sp³-hybridized carbons (Fsp3) is 0.500. The fourth-order valence-corrected chi connectivity index (χ4v) is 1.18. The second kappa shape index (κ2) is 2.41. The molecule has 1 fully saturated rings. The summed E-state index contributed by atoms with van der Waals surface area (Å²) in [5, 5.41) is 6.39. The van der Waals surface area contributed by atoms with E-state index in [9.17, 15) is 4.79 Å². The van der Waals surface area contributed by atoms with Crippen LogP contribution in [0.25, 0.3) is 0 Å². The molecule has 0 spiro atoms. The van der Waals surface area contributed by atoms with Crippen molar-refractivity contribution in [3.8, 4) is 0 Å². The Bertz CT molecular complexity index is 416. The second-order valence-corrected chi connectivity index (χ2v) is 3.25. The van der Waals surface area contributed by atoms with Crippen molar-refractivity contribution in [2.45, 2.75) is 18.8 Å². The summed E-state index contributed by atoms with van der Waals surface area (Å²) in [6.07, 6.45) is 2.04. The Morgan fingerprint density at radius 3 is 2.92 bits per heavy atom. The predicted octanol–water partition coefficient (Wildman–Crippen LogP) is -0.108. The monoisotopic (exact) mass is 184 g/mol. The number of aromatic amines is 1. The molecule has 0 saturated heterocycles. The topological polar surface area (TPSA) is 76.7 Å². The van der Waals surface area contributed by atoms with Gasteiger partial charge in [0.05, 0.1) is 0 Å². The first-order valence-corrected chi connectivity index (χ1v) is 4.07. The normalized spacial score (nSPS) is 16.3. The lowest BCUT2D eigenvalue weighted by Crippen LogP contribution is -2.32. The standard InChI is InChI=1S/C6H8N4OS/c7-10-5(11)4(3-1-2-3)8-9-6(10)12/h3H,1-2,7H2,(H,9,12). The van der Waals surface area contributed by atoms with Gasteiger partial charge in [-0.25, -0.2) is 0 Å². The van der Waals surface area contributed by atoms with Crippen LogP contribution in [-0.2, 0) is 0 Å². The van der Waals surface area contributed by atoms with Gasteiger partial charge < -0.3 is 5.84 Å². The number of nitrogens with zero attached hydrogens (tertiary/aromatic N) is 2. The van der Waals surface area contributed by atoms with Crippen LogP contribution in [0.5, 0.6) is 0 Å². The van der Waals surface area contributed by atoms with E-state index in [1.54, 1.807) is 0 Å². The minimum Gasteiger partial charge on any atom is -0.334 e. The third-order valence-corrected chi connectivity index (χ3v) is 2.18. The van der Waals surface area contributed by atoms with E-state index >= 15 is 0 Å². The maximum atomic E-state index is 11.4. The number of nitrogens with two attached hydrogens (primary N) is 1. The molecule has 1 aliphatic rings. The maximum absolute atomic E-state index is 11.4. The molecular weight excluding hydrogens is 176 g/mol. The van der Waals surface area contributed by atoms with Crippen LogP contribution in [0.15, 0.2) is 4.79 Å². The van der Waals surface area contributed by atoms with E-state index in [0.717, 1.165) is 17.5 Å². The third kappa shape index (κ3) is 1.04. The molecule has 1 aromatic heterocycles. The van der Waals surface area contributed by atoms with Crippen LogP contribution in [0.2, 0.25) is 0 Å². The lowest BCUT2D eigenvalue weighted by Gasteiger charge is -1.99. The first-order chi connectivity index (χ1) is 5.70. The lowest BCUT2D eigenvalue weighted by atomic mass is 10.3.